The number of hydrogen-bond donors (Lipinski definition) is 2. The van der Waals surface area contributed by atoms with E-state index in [1.807, 2.05) is 6.07 Å². The number of benzene rings is 1. The molecule has 0 bridgehead atoms. The highest BCUT2D eigenvalue weighted by atomic mass is 35.5. The van der Waals surface area contributed by atoms with Crippen LogP contribution in [0.25, 0.3) is 0 Å². The Balaban J connectivity index is 2.71. The number of ketones is 1. The van der Waals surface area contributed by atoms with Gasteiger partial charge in [-0.05, 0) is 31.3 Å². The van der Waals surface area contributed by atoms with E-state index in [0.717, 1.165) is 0 Å². The van der Waals surface area contributed by atoms with Crippen LogP contribution in [0.2, 0.25) is 5.02 Å². The maximum Gasteiger partial charge on any atom is 0.148 e. The molecule has 0 atom stereocenters. The molecule has 0 aliphatic rings. The summed E-state index contributed by atoms with van der Waals surface area (Å²) in [6, 6.07) is 6.75. The fourth-order valence-electron chi connectivity index (χ4n) is 1.21. The summed E-state index contributed by atoms with van der Waals surface area (Å²) in [7, 11) is 0. The third kappa shape index (κ3) is 4.04. The molecule has 5 heteroatoms. The lowest BCUT2D eigenvalue weighted by atomic mass is 10.1. The van der Waals surface area contributed by atoms with E-state index < -0.39 is 0 Å². The maximum absolute atomic E-state index is 10.7. The average molecular weight is 262 g/mol. The summed E-state index contributed by atoms with van der Waals surface area (Å²) in [4.78, 5) is 10.7. The van der Waals surface area contributed by atoms with Gasteiger partial charge >= 0.3 is 0 Å². The number of halogens is 1. The highest BCUT2D eigenvalue weighted by molar-refractivity contribution is 6.32. The zero-order valence-corrected chi connectivity index (χ0v) is 10.6. The molecule has 0 amide bonds. The summed E-state index contributed by atoms with van der Waals surface area (Å²) < 4.78 is 0. The summed E-state index contributed by atoms with van der Waals surface area (Å²) in [5.74, 6) is 0.0209. The van der Waals surface area contributed by atoms with E-state index in [4.69, 9.17) is 22.3 Å². The van der Waals surface area contributed by atoms with Crippen molar-refractivity contribution in [1.82, 2.24) is 5.32 Å². The minimum atomic E-state index is 0.0209. The number of nitrogens with one attached hydrogen (secondary N) is 2. The topological polar surface area (TPSA) is 76.7 Å². The highest BCUT2D eigenvalue weighted by Crippen LogP contribution is 2.17. The van der Waals surface area contributed by atoms with Crippen LogP contribution in [0.1, 0.15) is 18.1 Å². The van der Waals surface area contributed by atoms with E-state index in [2.05, 4.69) is 5.32 Å². The van der Waals surface area contributed by atoms with Crippen molar-refractivity contribution in [2.24, 2.45) is 0 Å². The van der Waals surface area contributed by atoms with Gasteiger partial charge in [0.25, 0.3) is 0 Å². The number of nitriles is 1. The lowest BCUT2D eigenvalue weighted by molar-refractivity contribution is -0.116. The minimum Gasteiger partial charge on any atom is -0.384 e. The van der Waals surface area contributed by atoms with Gasteiger partial charge in [0.2, 0.25) is 0 Å². The van der Waals surface area contributed by atoms with E-state index in [0.29, 0.717) is 16.1 Å². The highest BCUT2D eigenvalue weighted by Gasteiger charge is 2.03. The Kier molecular flexibility index (Phi) is 5.09. The van der Waals surface area contributed by atoms with Crippen LogP contribution in [0, 0.1) is 16.7 Å². The van der Waals surface area contributed by atoms with E-state index in [9.17, 15) is 4.79 Å². The fraction of sp³-hybridized carbons (Fsp3) is 0.154. The van der Waals surface area contributed by atoms with Crippen LogP contribution in [0.5, 0.6) is 0 Å². The molecule has 0 aliphatic carbocycles. The van der Waals surface area contributed by atoms with Crippen LogP contribution < -0.4 is 5.32 Å². The van der Waals surface area contributed by atoms with E-state index >= 15 is 0 Å². The van der Waals surface area contributed by atoms with Crippen LogP contribution in [0.4, 0.5) is 0 Å². The zero-order valence-electron chi connectivity index (χ0n) is 9.83. The third-order valence-electron chi connectivity index (χ3n) is 2.12. The summed E-state index contributed by atoms with van der Waals surface area (Å²) in [6.07, 6.45) is 3.07. The van der Waals surface area contributed by atoms with Gasteiger partial charge in [-0.1, -0.05) is 17.7 Å². The molecule has 0 radical (unpaired) electrons. The van der Waals surface area contributed by atoms with E-state index in [-0.39, 0.29) is 18.0 Å². The Morgan fingerprint density at radius 1 is 1.61 bits per heavy atom. The van der Waals surface area contributed by atoms with Crippen LogP contribution in [-0.2, 0) is 4.79 Å². The second kappa shape index (κ2) is 6.58. The first kappa shape index (κ1) is 13.9. The van der Waals surface area contributed by atoms with Crippen molar-refractivity contribution in [1.29, 1.82) is 10.7 Å². The molecular weight excluding hydrogens is 250 g/mol. The Hall–Kier alpha value is -2.12. The van der Waals surface area contributed by atoms with Gasteiger partial charge in [-0.3, -0.25) is 4.79 Å². The smallest absolute Gasteiger partial charge is 0.148 e. The second-order valence-corrected chi connectivity index (χ2v) is 4.04. The maximum atomic E-state index is 10.7. The van der Waals surface area contributed by atoms with Crippen LogP contribution in [0.15, 0.2) is 30.5 Å². The summed E-state index contributed by atoms with van der Waals surface area (Å²) in [5.41, 5.74) is 1.24. The van der Waals surface area contributed by atoms with Crippen molar-refractivity contribution in [3.05, 3.63) is 46.6 Å². The lowest BCUT2D eigenvalue weighted by Gasteiger charge is -2.01. The molecule has 0 unspecified atom stereocenters. The van der Waals surface area contributed by atoms with Crippen LogP contribution >= 0.6 is 11.6 Å². The normalized spacial score (nSPS) is 10.1. The molecule has 0 aliphatic heterocycles. The first-order chi connectivity index (χ1) is 8.54. The summed E-state index contributed by atoms with van der Waals surface area (Å²) in [6.45, 7) is 1.71. The number of allylic oxidation sites excluding steroid dienone is 1. The van der Waals surface area contributed by atoms with Crippen molar-refractivity contribution in [3.63, 3.8) is 0 Å². The molecule has 4 nitrogen and oxygen atoms in total. The summed E-state index contributed by atoms with van der Waals surface area (Å²) >= 11 is 5.87. The number of hydrogen-bond acceptors (Lipinski definition) is 4. The number of carbonyl (C=O) groups is 1. The van der Waals surface area contributed by atoms with E-state index in [1.54, 1.807) is 18.2 Å². The van der Waals surface area contributed by atoms with Crippen molar-refractivity contribution < 1.29 is 4.79 Å². The number of rotatable bonds is 5. The fourth-order valence-corrected chi connectivity index (χ4v) is 1.44. The first-order valence-electron chi connectivity index (χ1n) is 5.22. The van der Waals surface area contributed by atoms with Gasteiger partial charge in [-0.15, -0.1) is 0 Å². The second-order valence-electron chi connectivity index (χ2n) is 3.64. The minimum absolute atomic E-state index is 0.0209. The first-order valence-corrected chi connectivity index (χ1v) is 5.60. The van der Waals surface area contributed by atoms with E-state index in [1.165, 1.54) is 19.2 Å². The average Bonchev–Trinajstić information content (AvgIpc) is 2.34. The quantitative estimate of drug-likeness (QED) is 0.798. The molecule has 0 fully saturated rings. The van der Waals surface area contributed by atoms with Gasteiger partial charge < -0.3 is 10.7 Å². The number of nitrogens with zero attached hydrogens (tertiary/aromatic N) is 1. The number of Topliss-reactive ketones (excluding diaryl/α,β-unsaturated/α-hetero) is 1. The Labute approximate surface area is 110 Å². The third-order valence-corrected chi connectivity index (χ3v) is 2.43. The Morgan fingerprint density at radius 3 is 2.89 bits per heavy atom. The Morgan fingerprint density at radius 2 is 2.33 bits per heavy atom. The van der Waals surface area contributed by atoms with Crippen molar-refractivity contribution in [2.45, 2.75) is 6.92 Å². The monoisotopic (exact) mass is 261 g/mol. The largest absolute Gasteiger partial charge is 0.384 e. The molecule has 0 saturated carbocycles. The molecule has 18 heavy (non-hydrogen) atoms. The molecule has 0 spiro atoms. The molecule has 0 saturated heterocycles. The van der Waals surface area contributed by atoms with Gasteiger partial charge in [0.15, 0.2) is 0 Å². The predicted molar refractivity (Wildman–Crippen MR) is 70.8 cm³/mol. The molecule has 0 heterocycles. The van der Waals surface area contributed by atoms with Gasteiger partial charge in [-0.2, -0.15) is 5.26 Å². The predicted octanol–water partition coefficient (Wildman–Crippen LogP) is 2.27. The molecule has 1 aromatic rings. The van der Waals surface area contributed by atoms with Crippen molar-refractivity contribution in [2.75, 3.05) is 6.54 Å². The molecule has 0 aromatic heterocycles. The zero-order chi connectivity index (χ0) is 13.5. The van der Waals surface area contributed by atoms with Gasteiger partial charge in [0, 0.05) is 5.56 Å². The standard InChI is InChI=1S/C13H12ClN3O/c1-9(18)8-17-5-4-13(16)10-2-3-11(7-15)12(14)6-10/h2-6,16-17H,8H2,1H3/b5-4-,16-13?. The molecule has 1 aromatic carbocycles. The van der Waals surface area contributed by atoms with Crippen LogP contribution in [-0.4, -0.2) is 18.0 Å². The molecule has 2 N–H and O–H groups in total. The molecular formula is C13H12ClN3O. The molecule has 1 rings (SSSR count). The van der Waals surface area contributed by atoms with Gasteiger partial charge in [0.05, 0.1) is 22.8 Å². The Bertz CT molecular complexity index is 544. The number of carbonyl (C=O) groups excluding carboxylic acids is 1. The molecule has 92 valence electrons. The SMILES string of the molecule is CC(=O)CN/C=C\C(=N)c1ccc(C#N)c(Cl)c1. The van der Waals surface area contributed by atoms with Crippen molar-refractivity contribution >= 4 is 23.1 Å². The lowest BCUT2D eigenvalue weighted by Crippen LogP contribution is -2.14. The van der Waals surface area contributed by atoms with Gasteiger partial charge in [-0.25, -0.2) is 0 Å². The summed E-state index contributed by atoms with van der Waals surface area (Å²) in [5, 5.41) is 19.6. The van der Waals surface area contributed by atoms with Crippen LogP contribution in [0.3, 0.4) is 0 Å². The van der Waals surface area contributed by atoms with Gasteiger partial charge in [0.1, 0.15) is 11.9 Å². The van der Waals surface area contributed by atoms with Crippen molar-refractivity contribution in [3.8, 4) is 6.07 Å².